The highest BCUT2D eigenvalue weighted by molar-refractivity contribution is 5.98. The molecular weight excluding hydrogens is 306 g/mol. The summed E-state index contributed by atoms with van der Waals surface area (Å²) in [5, 5.41) is 19.5. The first-order valence-corrected chi connectivity index (χ1v) is 8.48. The number of unbranched alkanes of at least 4 members (excludes halogenated alkanes) is 1. The van der Waals surface area contributed by atoms with Crippen LogP contribution in [0.4, 0.5) is 0 Å². The molecule has 0 aliphatic carbocycles. The Kier molecular flexibility index (Phi) is 4.97. The van der Waals surface area contributed by atoms with Crippen LogP contribution < -0.4 is 0 Å². The molecule has 0 N–H and O–H groups in total. The fraction of sp³-hybridized carbons (Fsp3) is 0.182. The van der Waals surface area contributed by atoms with Crippen molar-refractivity contribution in [3.63, 3.8) is 0 Å². The zero-order valence-corrected chi connectivity index (χ0v) is 14.2. The molecule has 2 aromatic carbocycles. The molecule has 0 saturated carbocycles. The summed E-state index contributed by atoms with van der Waals surface area (Å²) in [6, 6.07) is 22.3. The van der Waals surface area contributed by atoms with Gasteiger partial charge in [-0.1, -0.05) is 61.9 Å². The molecule has 3 rings (SSSR count). The summed E-state index contributed by atoms with van der Waals surface area (Å²) in [4.78, 5) is 0. The molecule has 0 aliphatic heterocycles. The van der Waals surface area contributed by atoms with Gasteiger partial charge in [0.2, 0.25) is 0 Å². The maximum atomic E-state index is 9.22. The second kappa shape index (κ2) is 7.51. The van der Waals surface area contributed by atoms with Crippen LogP contribution in [0.2, 0.25) is 0 Å². The van der Waals surface area contributed by atoms with Gasteiger partial charge < -0.3 is 4.57 Å². The number of allylic oxidation sites excluding steroid dienone is 1. The van der Waals surface area contributed by atoms with Gasteiger partial charge in [0.05, 0.1) is 5.69 Å². The van der Waals surface area contributed by atoms with Gasteiger partial charge in [0.25, 0.3) is 0 Å². The van der Waals surface area contributed by atoms with E-state index < -0.39 is 0 Å². The highest BCUT2D eigenvalue weighted by Crippen LogP contribution is 2.35. The lowest BCUT2D eigenvalue weighted by atomic mass is 10.0. The number of benzene rings is 2. The monoisotopic (exact) mass is 325 g/mol. The summed E-state index contributed by atoms with van der Waals surface area (Å²) in [7, 11) is 0. The first-order chi connectivity index (χ1) is 12.3. The summed E-state index contributed by atoms with van der Waals surface area (Å²) in [5.41, 5.74) is 4.36. The van der Waals surface area contributed by atoms with Gasteiger partial charge in [-0.3, -0.25) is 0 Å². The maximum Gasteiger partial charge on any atom is 0.130 e. The van der Waals surface area contributed by atoms with Crippen LogP contribution in [0.15, 0.2) is 60.2 Å². The van der Waals surface area contributed by atoms with Crippen molar-refractivity contribution < 1.29 is 0 Å². The predicted octanol–water partition coefficient (Wildman–Crippen LogP) is 5.54. The Morgan fingerprint density at radius 1 is 1.00 bits per heavy atom. The van der Waals surface area contributed by atoms with Crippen LogP contribution in [0.1, 0.15) is 25.3 Å². The van der Waals surface area contributed by atoms with Crippen LogP contribution in [0.25, 0.3) is 28.2 Å². The lowest BCUT2D eigenvalue weighted by molar-refractivity contribution is 0.654. The summed E-state index contributed by atoms with van der Waals surface area (Å²) in [6.45, 7) is 3.09. The number of para-hydroxylation sites is 1. The van der Waals surface area contributed by atoms with Crippen molar-refractivity contribution in [2.75, 3.05) is 0 Å². The van der Waals surface area contributed by atoms with Crippen molar-refractivity contribution in [1.82, 2.24) is 4.57 Å². The summed E-state index contributed by atoms with van der Waals surface area (Å²) in [6.07, 6.45) is 3.89. The molecule has 0 bridgehead atoms. The molecule has 25 heavy (non-hydrogen) atoms. The Morgan fingerprint density at radius 3 is 2.36 bits per heavy atom. The van der Waals surface area contributed by atoms with E-state index in [1.54, 1.807) is 6.08 Å². The highest BCUT2D eigenvalue weighted by Gasteiger charge is 2.17. The third kappa shape index (κ3) is 3.18. The normalized spacial score (nSPS) is 10.2. The fourth-order valence-electron chi connectivity index (χ4n) is 3.17. The number of hydrogen-bond acceptors (Lipinski definition) is 2. The largest absolute Gasteiger partial charge is 0.340 e. The zero-order valence-electron chi connectivity index (χ0n) is 14.2. The number of nitriles is 2. The van der Waals surface area contributed by atoms with E-state index in [-0.39, 0.29) is 5.57 Å². The molecule has 1 heterocycles. The zero-order chi connectivity index (χ0) is 17.6. The number of aromatic nitrogens is 1. The minimum atomic E-state index is 0.121. The van der Waals surface area contributed by atoms with Crippen molar-refractivity contribution in [1.29, 1.82) is 10.5 Å². The van der Waals surface area contributed by atoms with E-state index in [1.165, 1.54) is 0 Å². The van der Waals surface area contributed by atoms with Gasteiger partial charge in [-0.15, -0.1) is 0 Å². The quantitative estimate of drug-likeness (QED) is 0.578. The van der Waals surface area contributed by atoms with Crippen molar-refractivity contribution in [3.8, 4) is 23.4 Å². The van der Waals surface area contributed by atoms with Gasteiger partial charge in [-0.05, 0) is 24.1 Å². The van der Waals surface area contributed by atoms with E-state index in [4.69, 9.17) is 0 Å². The Hall–Kier alpha value is -3.30. The molecule has 0 atom stereocenters. The molecular formula is C22H19N3. The van der Waals surface area contributed by atoms with Gasteiger partial charge in [0.15, 0.2) is 0 Å². The average molecular weight is 325 g/mol. The van der Waals surface area contributed by atoms with E-state index >= 15 is 0 Å². The van der Waals surface area contributed by atoms with Gasteiger partial charge in [-0.2, -0.15) is 10.5 Å². The first-order valence-electron chi connectivity index (χ1n) is 8.48. The van der Waals surface area contributed by atoms with Gasteiger partial charge in [0, 0.05) is 23.0 Å². The molecule has 3 aromatic rings. The molecule has 0 saturated heterocycles. The smallest absolute Gasteiger partial charge is 0.130 e. The van der Waals surface area contributed by atoms with Crippen LogP contribution in [0.3, 0.4) is 0 Å². The SMILES string of the molecule is CCCCn1c(-c2ccccc2)c(C=C(C#N)C#N)c2ccccc21. The minimum absolute atomic E-state index is 0.121. The molecule has 122 valence electrons. The third-order valence-electron chi connectivity index (χ3n) is 4.32. The molecule has 1 aromatic heterocycles. The van der Waals surface area contributed by atoms with Gasteiger partial charge in [0.1, 0.15) is 17.7 Å². The standard InChI is InChI=1S/C22H19N3/c1-2-3-13-25-21-12-8-7-11-19(21)20(14-17(15-23)16-24)22(25)18-9-5-4-6-10-18/h4-12,14H,2-3,13H2,1H3. The number of aryl methyl sites for hydroxylation is 1. The predicted molar refractivity (Wildman–Crippen MR) is 101 cm³/mol. The summed E-state index contributed by atoms with van der Waals surface area (Å²) in [5.74, 6) is 0. The summed E-state index contributed by atoms with van der Waals surface area (Å²) < 4.78 is 2.31. The Bertz CT molecular complexity index is 979. The molecule has 0 spiro atoms. The average Bonchev–Trinajstić information content (AvgIpc) is 2.98. The van der Waals surface area contributed by atoms with Crippen LogP contribution >= 0.6 is 0 Å². The molecule has 0 amide bonds. The van der Waals surface area contributed by atoms with Crippen LogP contribution in [-0.4, -0.2) is 4.57 Å². The number of hydrogen-bond donors (Lipinski definition) is 0. The third-order valence-corrected chi connectivity index (χ3v) is 4.32. The van der Waals surface area contributed by atoms with E-state index in [9.17, 15) is 10.5 Å². The van der Waals surface area contributed by atoms with Crippen molar-refractivity contribution in [2.24, 2.45) is 0 Å². The molecule has 0 aliphatic rings. The van der Waals surface area contributed by atoms with E-state index in [0.717, 1.165) is 47.1 Å². The number of fused-ring (bicyclic) bond motifs is 1. The van der Waals surface area contributed by atoms with Crippen molar-refractivity contribution in [2.45, 2.75) is 26.3 Å². The first kappa shape index (κ1) is 16.6. The topological polar surface area (TPSA) is 52.5 Å². The van der Waals surface area contributed by atoms with E-state index in [1.807, 2.05) is 42.5 Å². The lowest BCUT2D eigenvalue weighted by Crippen LogP contribution is -2.00. The second-order valence-corrected chi connectivity index (χ2v) is 5.93. The second-order valence-electron chi connectivity index (χ2n) is 5.93. The van der Waals surface area contributed by atoms with Crippen LogP contribution in [0.5, 0.6) is 0 Å². The lowest BCUT2D eigenvalue weighted by Gasteiger charge is -2.11. The maximum absolute atomic E-state index is 9.22. The molecule has 0 unspecified atom stereocenters. The van der Waals surface area contributed by atoms with Crippen molar-refractivity contribution >= 4 is 17.0 Å². The Balaban J connectivity index is 2.38. The van der Waals surface area contributed by atoms with Crippen LogP contribution in [0, 0.1) is 22.7 Å². The summed E-state index contributed by atoms with van der Waals surface area (Å²) >= 11 is 0. The molecule has 0 fully saturated rings. The number of rotatable bonds is 5. The number of nitrogens with zero attached hydrogens (tertiary/aromatic N) is 3. The van der Waals surface area contributed by atoms with E-state index in [0.29, 0.717) is 0 Å². The Labute approximate surface area is 148 Å². The molecule has 3 heteroatoms. The van der Waals surface area contributed by atoms with Crippen molar-refractivity contribution in [3.05, 3.63) is 65.7 Å². The highest BCUT2D eigenvalue weighted by atomic mass is 15.0. The van der Waals surface area contributed by atoms with E-state index in [2.05, 4.69) is 35.8 Å². The Morgan fingerprint density at radius 2 is 1.68 bits per heavy atom. The van der Waals surface area contributed by atoms with Gasteiger partial charge >= 0.3 is 0 Å². The molecule has 0 radical (unpaired) electrons. The van der Waals surface area contributed by atoms with Crippen LogP contribution in [-0.2, 0) is 6.54 Å². The van der Waals surface area contributed by atoms with Gasteiger partial charge in [-0.25, -0.2) is 0 Å². The fourth-order valence-corrected chi connectivity index (χ4v) is 3.17. The minimum Gasteiger partial charge on any atom is -0.340 e. The molecule has 3 nitrogen and oxygen atoms in total.